The van der Waals surface area contributed by atoms with Crippen LogP contribution >= 0.6 is 23.2 Å². The summed E-state index contributed by atoms with van der Waals surface area (Å²) < 4.78 is 13.0. The average Bonchev–Trinajstić information content (AvgIpc) is 2.43. The lowest BCUT2D eigenvalue weighted by molar-refractivity contribution is 0.532. The van der Waals surface area contributed by atoms with Crippen LogP contribution in [0.4, 0.5) is 4.39 Å². The molecule has 2 rings (SSSR count). The van der Waals surface area contributed by atoms with Gasteiger partial charge < -0.3 is 5.32 Å². The Kier molecular flexibility index (Phi) is 5.35. The van der Waals surface area contributed by atoms with Crippen molar-refractivity contribution >= 4 is 23.2 Å². The van der Waals surface area contributed by atoms with E-state index in [0.717, 1.165) is 17.8 Å². The average molecular weight is 313 g/mol. The van der Waals surface area contributed by atoms with E-state index in [2.05, 4.69) is 10.3 Å². The molecule has 0 bridgehead atoms. The second kappa shape index (κ2) is 7.02. The first-order valence-electron chi connectivity index (χ1n) is 6.39. The zero-order chi connectivity index (χ0) is 14.5. The minimum absolute atomic E-state index is 0.0310. The molecule has 0 aliphatic rings. The van der Waals surface area contributed by atoms with Crippen LogP contribution in [0.2, 0.25) is 10.0 Å². The maximum atomic E-state index is 13.0. The summed E-state index contributed by atoms with van der Waals surface area (Å²) in [5.41, 5.74) is 1.72. The van der Waals surface area contributed by atoms with Gasteiger partial charge in [0.1, 0.15) is 5.82 Å². The van der Waals surface area contributed by atoms with Crippen LogP contribution in [0.1, 0.15) is 24.2 Å². The zero-order valence-corrected chi connectivity index (χ0v) is 12.5. The lowest BCUT2D eigenvalue weighted by atomic mass is 10.0. The number of hydrogen-bond acceptors (Lipinski definition) is 2. The highest BCUT2D eigenvalue weighted by molar-refractivity contribution is 6.33. The summed E-state index contributed by atoms with van der Waals surface area (Å²) in [5, 5.41) is 4.64. The maximum Gasteiger partial charge on any atom is 0.141 e. The highest BCUT2D eigenvalue weighted by Gasteiger charge is 2.14. The number of aromatic nitrogens is 1. The second-order valence-electron chi connectivity index (χ2n) is 4.45. The number of nitrogens with zero attached hydrogens (tertiary/aromatic N) is 1. The second-order valence-corrected chi connectivity index (χ2v) is 5.30. The summed E-state index contributed by atoms with van der Waals surface area (Å²) >= 11 is 12.2. The van der Waals surface area contributed by atoms with Crippen molar-refractivity contribution in [2.24, 2.45) is 0 Å². The smallest absolute Gasteiger partial charge is 0.141 e. The van der Waals surface area contributed by atoms with E-state index in [1.165, 1.54) is 12.3 Å². The molecule has 1 unspecified atom stereocenters. The lowest BCUT2D eigenvalue weighted by Gasteiger charge is -2.18. The minimum Gasteiger partial charge on any atom is -0.309 e. The fourth-order valence-electron chi connectivity index (χ4n) is 2.04. The number of nitrogens with one attached hydrogen (secondary N) is 1. The molecule has 1 aromatic carbocycles. The van der Waals surface area contributed by atoms with E-state index in [9.17, 15) is 4.39 Å². The van der Waals surface area contributed by atoms with Gasteiger partial charge in [0.05, 0.1) is 17.9 Å². The predicted molar refractivity (Wildman–Crippen MR) is 80.8 cm³/mol. The molecule has 0 aliphatic heterocycles. The van der Waals surface area contributed by atoms with Crippen LogP contribution in [0.3, 0.4) is 0 Å². The third-order valence-electron chi connectivity index (χ3n) is 2.99. The number of pyridine rings is 1. The van der Waals surface area contributed by atoms with Crippen molar-refractivity contribution in [1.82, 2.24) is 10.3 Å². The first-order valence-corrected chi connectivity index (χ1v) is 7.14. The van der Waals surface area contributed by atoms with Gasteiger partial charge in [-0.25, -0.2) is 4.39 Å². The number of halogens is 3. The van der Waals surface area contributed by atoms with Gasteiger partial charge in [-0.05, 0) is 48.9 Å². The predicted octanol–water partition coefficient (Wildman–Crippen LogP) is 4.42. The highest BCUT2D eigenvalue weighted by atomic mass is 35.5. The monoisotopic (exact) mass is 312 g/mol. The van der Waals surface area contributed by atoms with Crippen LogP contribution < -0.4 is 5.32 Å². The Labute approximate surface area is 127 Å². The molecule has 2 nitrogen and oxygen atoms in total. The molecule has 2 aromatic rings. The normalized spacial score (nSPS) is 12.4. The van der Waals surface area contributed by atoms with E-state index in [-0.39, 0.29) is 11.9 Å². The maximum absolute atomic E-state index is 13.0. The van der Waals surface area contributed by atoms with E-state index < -0.39 is 0 Å². The Hall–Kier alpha value is -1.16. The number of rotatable bonds is 5. The van der Waals surface area contributed by atoms with Gasteiger partial charge in [-0.3, -0.25) is 4.98 Å². The van der Waals surface area contributed by atoms with E-state index in [1.807, 2.05) is 13.0 Å². The fourth-order valence-corrected chi connectivity index (χ4v) is 2.43. The van der Waals surface area contributed by atoms with Gasteiger partial charge in [-0.2, -0.15) is 0 Å². The topological polar surface area (TPSA) is 24.9 Å². The molecule has 1 N–H and O–H groups in total. The van der Waals surface area contributed by atoms with Crippen molar-refractivity contribution in [3.8, 4) is 0 Å². The van der Waals surface area contributed by atoms with Crippen molar-refractivity contribution in [3.63, 3.8) is 0 Å². The lowest BCUT2D eigenvalue weighted by Crippen LogP contribution is -2.24. The fraction of sp³-hybridized carbons (Fsp3) is 0.267. The first-order chi connectivity index (χ1) is 9.60. The van der Waals surface area contributed by atoms with Gasteiger partial charge in [0, 0.05) is 10.0 Å². The molecule has 0 amide bonds. The van der Waals surface area contributed by atoms with E-state index in [0.29, 0.717) is 16.5 Å². The van der Waals surface area contributed by atoms with Crippen LogP contribution in [0.25, 0.3) is 0 Å². The Balaban J connectivity index is 2.25. The van der Waals surface area contributed by atoms with Gasteiger partial charge in [-0.1, -0.05) is 30.1 Å². The Morgan fingerprint density at radius 2 is 2.05 bits per heavy atom. The zero-order valence-electron chi connectivity index (χ0n) is 11.0. The Morgan fingerprint density at radius 1 is 1.25 bits per heavy atom. The van der Waals surface area contributed by atoms with Gasteiger partial charge >= 0.3 is 0 Å². The molecule has 0 spiro atoms. The molecule has 1 aromatic heterocycles. The van der Waals surface area contributed by atoms with Gasteiger partial charge in [-0.15, -0.1) is 0 Å². The van der Waals surface area contributed by atoms with Gasteiger partial charge in [0.2, 0.25) is 0 Å². The van der Waals surface area contributed by atoms with Crippen LogP contribution in [0.5, 0.6) is 0 Å². The summed E-state index contributed by atoms with van der Waals surface area (Å²) in [5.74, 6) is -0.343. The van der Waals surface area contributed by atoms with Gasteiger partial charge in [0.15, 0.2) is 0 Å². The Morgan fingerprint density at radius 3 is 2.70 bits per heavy atom. The third kappa shape index (κ3) is 3.92. The quantitative estimate of drug-likeness (QED) is 0.884. The van der Waals surface area contributed by atoms with Crippen LogP contribution in [-0.4, -0.2) is 11.5 Å². The largest absolute Gasteiger partial charge is 0.309 e. The molecule has 0 fully saturated rings. The van der Waals surface area contributed by atoms with Crippen molar-refractivity contribution < 1.29 is 4.39 Å². The molecule has 5 heteroatoms. The van der Waals surface area contributed by atoms with Gasteiger partial charge in [0.25, 0.3) is 0 Å². The molecule has 0 saturated heterocycles. The molecular formula is C15H15Cl2FN2. The van der Waals surface area contributed by atoms with Crippen molar-refractivity contribution in [1.29, 1.82) is 0 Å². The Bertz CT molecular complexity index is 573. The SMILES string of the molecule is CCNC(Cc1cc(Cl)ccc1Cl)c1ccc(F)cn1. The summed E-state index contributed by atoms with van der Waals surface area (Å²) in [6.45, 7) is 2.79. The van der Waals surface area contributed by atoms with E-state index in [1.54, 1.807) is 18.2 Å². The summed E-state index contributed by atoms with van der Waals surface area (Å²) in [6.07, 6.45) is 1.87. The molecule has 0 aliphatic carbocycles. The molecule has 0 radical (unpaired) electrons. The van der Waals surface area contributed by atoms with Crippen molar-refractivity contribution in [2.75, 3.05) is 6.54 Å². The van der Waals surface area contributed by atoms with Crippen LogP contribution in [0.15, 0.2) is 36.5 Å². The summed E-state index contributed by atoms with van der Waals surface area (Å²) in [4.78, 5) is 4.13. The van der Waals surface area contributed by atoms with Crippen LogP contribution in [-0.2, 0) is 6.42 Å². The summed E-state index contributed by atoms with van der Waals surface area (Å²) in [6, 6.07) is 8.44. The summed E-state index contributed by atoms with van der Waals surface area (Å²) in [7, 11) is 0. The number of likely N-dealkylation sites (N-methyl/N-ethyl adjacent to an activating group) is 1. The third-order valence-corrected chi connectivity index (χ3v) is 3.59. The molecule has 20 heavy (non-hydrogen) atoms. The first kappa shape index (κ1) is 15.2. The molecule has 0 saturated carbocycles. The molecule has 1 atom stereocenters. The van der Waals surface area contributed by atoms with E-state index >= 15 is 0 Å². The van der Waals surface area contributed by atoms with Crippen molar-refractivity contribution in [3.05, 3.63) is 63.6 Å². The number of hydrogen-bond donors (Lipinski definition) is 1. The molecule has 106 valence electrons. The number of benzene rings is 1. The van der Waals surface area contributed by atoms with Crippen LogP contribution in [0, 0.1) is 5.82 Å². The van der Waals surface area contributed by atoms with E-state index in [4.69, 9.17) is 23.2 Å². The van der Waals surface area contributed by atoms with Crippen molar-refractivity contribution in [2.45, 2.75) is 19.4 Å². The molecule has 1 heterocycles. The molecular weight excluding hydrogens is 298 g/mol. The highest BCUT2D eigenvalue weighted by Crippen LogP contribution is 2.25. The standard InChI is InChI=1S/C15H15Cl2FN2/c1-2-19-15(14-6-4-12(18)9-20-14)8-10-7-11(16)3-5-13(10)17/h3-7,9,15,19H,2,8H2,1H3. The minimum atomic E-state index is -0.343.